The minimum Gasteiger partial charge on any atom is -0.337 e. The van der Waals surface area contributed by atoms with E-state index in [1.165, 1.54) is 0 Å². The van der Waals surface area contributed by atoms with E-state index < -0.39 is 0 Å². The normalized spacial score (nSPS) is 24.9. The predicted octanol–water partition coefficient (Wildman–Crippen LogP) is 0.643. The number of nitrogens with one attached hydrogen (secondary N) is 1. The maximum atomic E-state index is 12.1. The second-order valence-electron chi connectivity index (χ2n) is 4.32. The van der Waals surface area contributed by atoms with Crippen LogP contribution in [0.3, 0.4) is 0 Å². The lowest BCUT2D eigenvalue weighted by molar-refractivity contribution is -0.133. The quantitative estimate of drug-likeness (QED) is 0.736. The Morgan fingerprint density at radius 2 is 2.27 bits per heavy atom. The molecule has 15 heavy (non-hydrogen) atoms. The Hall–Kier alpha value is -1.08. The second kappa shape index (κ2) is 4.63. The highest BCUT2D eigenvalue weighted by Crippen LogP contribution is 2.28. The first-order valence-electron chi connectivity index (χ1n) is 5.73. The van der Waals surface area contributed by atoms with E-state index in [1.54, 1.807) is 0 Å². The van der Waals surface area contributed by atoms with Gasteiger partial charge in [0.15, 0.2) is 0 Å². The van der Waals surface area contributed by atoms with Gasteiger partial charge in [0.25, 0.3) is 0 Å². The number of hydrogen-bond acceptors (Lipinski definition) is 3. The van der Waals surface area contributed by atoms with Crippen LogP contribution < -0.4 is 5.32 Å². The third-order valence-corrected chi connectivity index (χ3v) is 3.09. The van der Waals surface area contributed by atoms with Gasteiger partial charge >= 0.3 is 0 Å². The van der Waals surface area contributed by atoms with Crippen LogP contribution in [0.4, 0.5) is 0 Å². The van der Waals surface area contributed by atoms with Gasteiger partial charge < -0.3 is 10.2 Å². The number of amides is 1. The van der Waals surface area contributed by atoms with Crippen molar-refractivity contribution in [2.75, 3.05) is 13.1 Å². The van der Waals surface area contributed by atoms with Crippen molar-refractivity contribution in [1.29, 1.82) is 5.26 Å². The Morgan fingerprint density at radius 3 is 2.80 bits per heavy atom. The molecule has 2 aliphatic rings. The van der Waals surface area contributed by atoms with Crippen molar-refractivity contribution in [3.63, 3.8) is 0 Å². The van der Waals surface area contributed by atoms with Crippen LogP contribution in [0, 0.1) is 11.3 Å². The minimum absolute atomic E-state index is 0.0179. The zero-order chi connectivity index (χ0) is 10.7. The molecule has 4 heteroatoms. The van der Waals surface area contributed by atoms with Crippen LogP contribution in [-0.2, 0) is 4.79 Å². The minimum atomic E-state index is 0.0179. The molecule has 2 fully saturated rings. The smallest absolute Gasteiger partial charge is 0.239 e. The highest BCUT2D eigenvalue weighted by Gasteiger charge is 2.36. The molecule has 0 unspecified atom stereocenters. The molecule has 1 aliphatic carbocycles. The zero-order valence-electron chi connectivity index (χ0n) is 8.91. The van der Waals surface area contributed by atoms with Crippen molar-refractivity contribution in [2.24, 2.45) is 0 Å². The van der Waals surface area contributed by atoms with Crippen LogP contribution in [0.1, 0.15) is 32.1 Å². The van der Waals surface area contributed by atoms with Crippen molar-refractivity contribution >= 4 is 5.91 Å². The van der Waals surface area contributed by atoms with Crippen LogP contribution in [0.5, 0.6) is 0 Å². The molecule has 82 valence electrons. The number of carbonyl (C=O) groups is 1. The number of nitriles is 1. The van der Waals surface area contributed by atoms with Gasteiger partial charge in [-0.15, -0.1) is 0 Å². The number of hydrogen-bond donors (Lipinski definition) is 1. The highest BCUT2D eigenvalue weighted by atomic mass is 16.2. The molecule has 1 amide bonds. The van der Waals surface area contributed by atoms with Gasteiger partial charge in [-0.1, -0.05) is 0 Å². The van der Waals surface area contributed by atoms with Crippen molar-refractivity contribution in [1.82, 2.24) is 10.2 Å². The van der Waals surface area contributed by atoms with Gasteiger partial charge in [-0.25, -0.2) is 0 Å². The van der Waals surface area contributed by atoms with Crippen LogP contribution in [0.2, 0.25) is 0 Å². The van der Waals surface area contributed by atoms with E-state index in [-0.39, 0.29) is 11.9 Å². The summed E-state index contributed by atoms with van der Waals surface area (Å²) in [6.45, 7) is 1.56. The van der Waals surface area contributed by atoms with Gasteiger partial charge in [-0.2, -0.15) is 5.26 Å². The molecule has 4 nitrogen and oxygen atoms in total. The Balaban J connectivity index is 1.91. The number of rotatable bonds is 4. The first kappa shape index (κ1) is 10.4. The van der Waals surface area contributed by atoms with Crippen molar-refractivity contribution < 1.29 is 4.79 Å². The maximum Gasteiger partial charge on any atom is 0.239 e. The molecular weight excluding hydrogens is 190 g/mol. The van der Waals surface area contributed by atoms with Gasteiger partial charge in [0.05, 0.1) is 18.5 Å². The third-order valence-electron chi connectivity index (χ3n) is 3.09. The van der Waals surface area contributed by atoms with E-state index in [9.17, 15) is 4.79 Å². The molecule has 0 aromatic rings. The molecular formula is C11H17N3O. The topological polar surface area (TPSA) is 56.1 Å². The summed E-state index contributed by atoms with van der Waals surface area (Å²) >= 11 is 0. The molecule has 1 heterocycles. The van der Waals surface area contributed by atoms with E-state index in [0.717, 1.165) is 32.2 Å². The molecule has 1 saturated heterocycles. The molecule has 1 saturated carbocycles. The lowest BCUT2D eigenvalue weighted by Gasteiger charge is -2.24. The Kier molecular flexibility index (Phi) is 3.22. The first-order valence-corrected chi connectivity index (χ1v) is 5.73. The van der Waals surface area contributed by atoms with Gasteiger partial charge in [0.1, 0.15) is 0 Å². The Labute approximate surface area is 90.2 Å². The fraction of sp³-hybridized carbons (Fsp3) is 0.818. The zero-order valence-corrected chi connectivity index (χ0v) is 8.91. The maximum absolute atomic E-state index is 12.1. The largest absolute Gasteiger partial charge is 0.337 e. The van der Waals surface area contributed by atoms with E-state index in [2.05, 4.69) is 11.4 Å². The summed E-state index contributed by atoms with van der Waals surface area (Å²) in [5, 5.41) is 11.8. The average molecular weight is 207 g/mol. The summed E-state index contributed by atoms with van der Waals surface area (Å²) in [6.07, 6.45) is 4.73. The molecule has 0 bridgehead atoms. The molecule has 0 aromatic heterocycles. The van der Waals surface area contributed by atoms with Crippen molar-refractivity contribution in [3.8, 4) is 6.07 Å². The SMILES string of the molecule is N#CCCN(C(=O)[C@H]1CCCN1)C1CC1. The van der Waals surface area contributed by atoms with E-state index in [1.807, 2.05) is 4.90 Å². The fourth-order valence-electron chi connectivity index (χ4n) is 2.12. The fourth-order valence-corrected chi connectivity index (χ4v) is 2.12. The summed E-state index contributed by atoms with van der Waals surface area (Å²) < 4.78 is 0. The standard InChI is InChI=1S/C11H17N3O/c12-6-2-8-14(9-4-5-9)11(15)10-3-1-7-13-10/h9-10,13H,1-5,7-8H2/t10-/m1/s1. The van der Waals surface area contributed by atoms with Crippen molar-refractivity contribution in [3.05, 3.63) is 0 Å². The van der Waals surface area contributed by atoms with Gasteiger partial charge in [0, 0.05) is 12.6 Å². The number of nitrogens with zero attached hydrogens (tertiary/aromatic N) is 2. The molecule has 0 aromatic carbocycles. The molecule has 0 radical (unpaired) electrons. The summed E-state index contributed by atoms with van der Waals surface area (Å²) in [6, 6.07) is 2.55. The second-order valence-corrected chi connectivity index (χ2v) is 4.32. The Morgan fingerprint density at radius 1 is 1.47 bits per heavy atom. The van der Waals surface area contributed by atoms with Gasteiger partial charge in [0.2, 0.25) is 5.91 Å². The molecule has 1 N–H and O–H groups in total. The summed E-state index contributed by atoms with van der Waals surface area (Å²) in [5.74, 6) is 0.213. The van der Waals surface area contributed by atoms with Gasteiger partial charge in [-0.05, 0) is 32.2 Å². The Bertz CT molecular complexity index is 274. The average Bonchev–Trinajstić information content (AvgIpc) is 2.94. The predicted molar refractivity (Wildman–Crippen MR) is 56.0 cm³/mol. The third kappa shape index (κ3) is 2.48. The first-order chi connectivity index (χ1) is 7.33. The molecule has 1 atom stereocenters. The molecule has 1 aliphatic heterocycles. The summed E-state index contributed by atoms with van der Waals surface area (Å²) in [7, 11) is 0. The number of carbonyl (C=O) groups excluding carboxylic acids is 1. The van der Waals surface area contributed by atoms with Crippen LogP contribution in [0.15, 0.2) is 0 Å². The van der Waals surface area contributed by atoms with E-state index in [4.69, 9.17) is 5.26 Å². The van der Waals surface area contributed by atoms with E-state index >= 15 is 0 Å². The van der Waals surface area contributed by atoms with Crippen LogP contribution >= 0.6 is 0 Å². The molecule has 0 spiro atoms. The summed E-state index contributed by atoms with van der Waals surface area (Å²) in [4.78, 5) is 14.0. The molecule has 2 rings (SSSR count). The highest BCUT2D eigenvalue weighted by molar-refractivity contribution is 5.82. The van der Waals surface area contributed by atoms with E-state index in [0.29, 0.717) is 19.0 Å². The van der Waals surface area contributed by atoms with Crippen molar-refractivity contribution in [2.45, 2.75) is 44.2 Å². The monoisotopic (exact) mass is 207 g/mol. The summed E-state index contributed by atoms with van der Waals surface area (Å²) in [5.41, 5.74) is 0. The van der Waals surface area contributed by atoms with Crippen LogP contribution in [0.25, 0.3) is 0 Å². The lowest BCUT2D eigenvalue weighted by Crippen LogP contribution is -2.45. The lowest BCUT2D eigenvalue weighted by atomic mass is 10.2. The van der Waals surface area contributed by atoms with Gasteiger partial charge in [-0.3, -0.25) is 4.79 Å². The van der Waals surface area contributed by atoms with Crippen LogP contribution in [-0.4, -0.2) is 36.0 Å².